The molecule has 1 nitrogen and oxygen atoms in total. The van der Waals surface area contributed by atoms with Gasteiger partial charge in [-0.3, -0.25) is 0 Å². The number of aliphatic hydroxyl groups is 1. The first kappa shape index (κ1) is 12.9. The van der Waals surface area contributed by atoms with E-state index >= 15 is 0 Å². The molecule has 0 fully saturated rings. The summed E-state index contributed by atoms with van der Waals surface area (Å²) in [7, 11) is 0. The Hall–Kier alpha value is -1.12. The maximum Gasteiger partial charge on any atom is 0.116 e. The van der Waals surface area contributed by atoms with Gasteiger partial charge < -0.3 is 5.11 Å². The van der Waals surface area contributed by atoms with E-state index in [-0.39, 0.29) is 0 Å². The van der Waals surface area contributed by atoms with Gasteiger partial charge in [-0.25, -0.2) is 0 Å². The highest BCUT2D eigenvalue weighted by atomic mass is 79.9. The van der Waals surface area contributed by atoms with Crippen molar-refractivity contribution in [3.05, 3.63) is 70.8 Å². The summed E-state index contributed by atoms with van der Waals surface area (Å²) in [6, 6.07) is 16.6. The van der Waals surface area contributed by atoms with Gasteiger partial charge in [-0.05, 0) is 41.5 Å². The fraction of sp³-hybridized carbons (Fsp3) is 0.294. The molecular weight excluding hydrogens is 300 g/mol. The van der Waals surface area contributed by atoms with Crippen LogP contribution < -0.4 is 0 Å². The van der Waals surface area contributed by atoms with E-state index in [2.05, 4.69) is 52.3 Å². The van der Waals surface area contributed by atoms with Crippen LogP contribution in [0, 0.1) is 0 Å². The number of alkyl halides is 1. The first-order valence-corrected chi connectivity index (χ1v) is 7.83. The van der Waals surface area contributed by atoms with E-state index in [9.17, 15) is 5.11 Å². The van der Waals surface area contributed by atoms with Gasteiger partial charge in [0.1, 0.15) is 5.60 Å². The molecule has 1 N–H and O–H groups in total. The van der Waals surface area contributed by atoms with Crippen molar-refractivity contribution in [2.75, 3.05) is 5.33 Å². The minimum Gasteiger partial charge on any atom is -0.380 e. The van der Waals surface area contributed by atoms with Gasteiger partial charge in [-0.1, -0.05) is 64.5 Å². The molecule has 1 aliphatic carbocycles. The second kappa shape index (κ2) is 5.10. The van der Waals surface area contributed by atoms with Crippen LogP contribution in [0.3, 0.4) is 0 Å². The standard InChI is InChI=1S/C17H17BrO/c18-12-11-17(19)15-7-3-1-5-13(15)9-10-14-6-2-4-8-16(14)17/h1-8,19H,9-12H2. The van der Waals surface area contributed by atoms with Crippen LogP contribution in [0.15, 0.2) is 48.5 Å². The Morgan fingerprint density at radius 2 is 1.37 bits per heavy atom. The molecule has 0 aromatic heterocycles. The van der Waals surface area contributed by atoms with Crippen LogP contribution in [-0.4, -0.2) is 10.4 Å². The Bertz CT molecular complexity index is 544. The summed E-state index contributed by atoms with van der Waals surface area (Å²) in [5.74, 6) is 0. The molecule has 0 aliphatic heterocycles. The number of hydrogen-bond donors (Lipinski definition) is 1. The normalized spacial score (nSPS) is 16.3. The topological polar surface area (TPSA) is 20.2 Å². The van der Waals surface area contributed by atoms with Gasteiger partial charge in [-0.15, -0.1) is 0 Å². The van der Waals surface area contributed by atoms with E-state index in [1.54, 1.807) is 0 Å². The van der Waals surface area contributed by atoms with Gasteiger partial charge in [0.2, 0.25) is 0 Å². The molecule has 0 unspecified atom stereocenters. The van der Waals surface area contributed by atoms with Gasteiger partial charge in [0.05, 0.1) is 0 Å². The molecule has 2 aromatic rings. The number of benzene rings is 2. The maximum absolute atomic E-state index is 11.3. The molecule has 1 aliphatic rings. The minimum absolute atomic E-state index is 0.695. The summed E-state index contributed by atoms with van der Waals surface area (Å²) in [4.78, 5) is 0. The third-order valence-corrected chi connectivity index (χ3v) is 4.44. The van der Waals surface area contributed by atoms with Crippen LogP contribution in [0.1, 0.15) is 28.7 Å². The number of fused-ring (bicyclic) bond motifs is 2. The van der Waals surface area contributed by atoms with Crippen LogP contribution in [0.2, 0.25) is 0 Å². The molecule has 0 amide bonds. The molecule has 2 heteroatoms. The van der Waals surface area contributed by atoms with Crippen molar-refractivity contribution in [2.24, 2.45) is 0 Å². The SMILES string of the molecule is OC1(CCBr)c2ccccc2CCc2ccccc21. The Balaban J connectivity index is 2.25. The molecule has 0 atom stereocenters. The Labute approximate surface area is 122 Å². The Morgan fingerprint density at radius 3 is 1.84 bits per heavy atom. The summed E-state index contributed by atoms with van der Waals surface area (Å²) < 4.78 is 0. The monoisotopic (exact) mass is 316 g/mol. The van der Waals surface area contributed by atoms with Gasteiger partial charge in [0.15, 0.2) is 0 Å². The fourth-order valence-electron chi connectivity index (χ4n) is 3.10. The second-order valence-electron chi connectivity index (χ2n) is 5.11. The molecule has 0 spiro atoms. The molecule has 0 radical (unpaired) electrons. The Morgan fingerprint density at radius 1 is 0.895 bits per heavy atom. The van der Waals surface area contributed by atoms with E-state index in [0.29, 0.717) is 6.42 Å². The highest BCUT2D eigenvalue weighted by Gasteiger charge is 2.36. The molecule has 19 heavy (non-hydrogen) atoms. The van der Waals surface area contributed by atoms with E-state index in [4.69, 9.17) is 0 Å². The number of rotatable bonds is 2. The quantitative estimate of drug-likeness (QED) is 0.835. The average molecular weight is 317 g/mol. The summed E-state index contributed by atoms with van der Waals surface area (Å²) in [5, 5.41) is 12.1. The average Bonchev–Trinajstić information content (AvgIpc) is 2.57. The van der Waals surface area contributed by atoms with Crippen molar-refractivity contribution in [3.8, 4) is 0 Å². The van der Waals surface area contributed by atoms with Gasteiger partial charge >= 0.3 is 0 Å². The first-order valence-electron chi connectivity index (χ1n) is 6.71. The minimum atomic E-state index is -0.868. The summed E-state index contributed by atoms with van der Waals surface area (Å²) >= 11 is 3.49. The zero-order chi connectivity index (χ0) is 13.3. The van der Waals surface area contributed by atoms with Crippen LogP contribution in [0.25, 0.3) is 0 Å². The molecule has 2 aromatic carbocycles. The highest BCUT2D eigenvalue weighted by molar-refractivity contribution is 9.09. The molecule has 0 saturated carbocycles. The van der Waals surface area contributed by atoms with E-state index in [1.807, 2.05) is 12.1 Å². The van der Waals surface area contributed by atoms with Crippen molar-refractivity contribution in [3.63, 3.8) is 0 Å². The fourth-order valence-corrected chi connectivity index (χ4v) is 3.68. The molecule has 98 valence electrons. The third-order valence-electron chi connectivity index (χ3n) is 4.05. The van der Waals surface area contributed by atoms with E-state index in [1.165, 1.54) is 11.1 Å². The van der Waals surface area contributed by atoms with Crippen LogP contribution >= 0.6 is 15.9 Å². The third kappa shape index (κ3) is 2.13. The molecule has 3 rings (SSSR count). The van der Waals surface area contributed by atoms with Crippen molar-refractivity contribution in [1.82, 2.24) is 0 Å². The van der Waals surface area contributed by atoms with Crippen LogP contribution in [-0.2, 0) is 18.4 Å². The van der Waals surface area contributed by atoms with Crippen molar-refractivity contribution in [2.45, 2.75) is 24.9 Å². The highest BCUT2D eigenvalue weighted by Crippen LogP contribution is 2.40. The van der Waals surface area contributed by atoms with Gasteiger partial charge in [0, 0.05) is 5.33 Å². The van der Waals surface area contributed by atoms with Crippen molar-refractivity contribution in [1.29, 1.82) is 0 Å². The van der Waals surface area contributed by atoms with Gasteiger partial charge in [0.25, 0.3) is 0 Å². The molecule has 0 heterocycles. The predicted octanol–water partition coefficient (Wildman–Crippen LogP) is 3.81. The second-order valence-corrected chi connectivity index (χ2v) is 5.91. The number of aryl methyl sites for hydroxylation is 2. The summed E-state index contributed by atoms with van der Waals surface area (Å²) in [6.07, 6.45) is 2.69. The Kier molecular flexibility index (Phi) is 3.46. The first-order chi connectivity index (χ1) is 9.25. The number of hydrogen-bond acceptors (Lipinski definition) is 1. The summed E-state index contributed by atoms with van der Waals surface area (Å²) in [5.41, 5.74) is 3.80. The van der Waals surface area contributed by atoms with Crippen molar-refractivity contribution >= 4 is 15.9 Å². The lowest BCUT2D eigenvalue weighted by Gasteiger charge is -2.30. The number of halogens is 1. The largest absolute Gasteiger partial charge is 0.380 e. The lowest BCUT2D eigenvalue weighted by atomic mass is 9.81. The van der Waals surface area contributed by atoms with E-state index < -0.39 is 5.60 Å². The summed E-state index contributed by atoms with van der Waals surface area (Å²) in [6.45, 7) is 0. The molecule has 0 saturated heterocycles. The zero-order valence-electron chi connectivity index (χ0n) is 10.8. The van der Waals surface area contributed by atoms with Crippen LogP contribution in [0.4, 0.5) is 0 Å². The smallest absolute Gasteiger partial charge is 0.116 e. The molecular formula is C17H17BrO. The van der Waals surface area contributed by atoms with Crippen molar-refractivity contribution < 1.29 is 5.11 Å². The lowest BCUT2D eigenvalue weighted by molar-refractivity contribution is 0.0775. The lowest BCUT2D eigenvalue weighted by Crippen LogP contribution is -2.29. The van der Waals surface area contributed by atoms with E-state index in [0.717, 1.165) is 29.3 Å². The zero-order valence-corrected chi connectivity index (χ0v) is 12.4. The molecule has 0 bridgehead atoms. The predicted molar refractivity (Wildman–Crippen MR) is 81.7 cm³/mol. The van der Waals surface area contributed by atoms with Crippen LogP contribution in [0.5, 0.6) is 0 Å². The maximum atomic E-state index is 11.3. The van der Waals surface area contributed by atoms with Gasteiger partial charge in [-0.2, -0.15) is 0 Å².